The van der Waals surface area contributed by atoms with Crippen molar-refractivity contribution in [3.63, 3.8) is 0 Å². The number of rotatable bonds is 7. The van der Waals surface area contributed by atoms with E-state index in [2.05, 4.69) is 10.4 Å². The highest BCUT2D eigenvalue weighted by molar-refractivity contribution is 5.39. The molecular formula is C14H19N3O2. The molecule has 1 heterocycles. The van der Waals surface area contributed by atoms with Crippen molar-refractivity contribution in [3.8, 4) is 11.5 Å². The van der Waals surface area contributed by atoms with Gasteiger partial charge in [0.2, 0.25) is 0 Å². The second kappa shape index (κ2) is 6.80. The Morgan fingerprint density at radius 2 is 2.00 bits per heavy atom. The fourth-order valence-corrected chi connectivity index (χ4v) is 1.75. The van der Waals surface area contributed by atoms with E-state index in [0.29, 0.717) is 6.61 Å². The number of hydrogen-bond acceptors (Lipinski definition) is 4. The van der Waals surface area contributed by atoms with Crippen LogP contribution in [0.25, 0.3) is 0 Å². The Bertz CT molecular complexity index is 511. The van der Waals surface area contributed by atoms with E-state index in [-0.39, 0.29) is 0 Å². The molecule has 0 aliphatic carbocycles. The minimum Gasteiger partial charge on any atom is -0.493 e. The van der Waals surface area contributed by atoms with Gasteiger partial charge in [-0.25, -0.2) is 0 Å². The zero-order valence-electron chi connectivity index (χ0n) is 11.3. The van der Waals surface area contributed by atoms with Gasteiger partial charge in [-0.1, -0.05) is 12.1 Å². The molecule has 102 valence electrons. The van der Waals surface area contributed by atoms with Gasteiger partial charge in [-0.15, -0.1) is 0 Å². The van der Waals surface area contributed by atoms with E-state index in [0.717, 1.165) is 30.3 Å². The lowest BCUT2D eigenvalue weighted by Crippen LogP contribution is -2.21. The molecule has 2 aromatic rings. The number of methoxy groups -OCH3 is 1. The van der Waals surface area contributed by atoms with E-state index in [1.54, 1.807) is 11.8 Å². The number of nitrogens with one attached hydrogen (secondary N) is 1. The minimum absolute atomic E-state index is 0.590. The summed E-state index contributed by atoms with van der Waals surface area (Å²) in [5, 5.41) is 7.57. The molecular weight excluding hydrogens is 242 g/mol. The van der Waals surface area contributed by atoms with Crippen LogP contribution in [0.15, 0.2) is 36.5 Å². The topological polar surface area (TPSA) is 48.3 Å². The summed E-state index contributed by atoms with van der Waals surface area (Å²) in [4.78, 5) is 0. The highest BCUT2D eigenvalue weighted by Crippen LogP contribution is 2.25. The average Bonchev–Trinajstić information content (AvgIpc) is 2.84. The highest BCUT2D eigenvalue weighted by atomic mass is 16.5. The van der Waals surface area contributed by atoms with Gasteiger partial charge in [-0.2, -0.15) is 5.10 Å². The van der Waals surface area contributed by atoms with E-state index < -0.39 is 0 Å². The van der Waals surface area contributed by atoms with Crippen LogP contribution in [0.3, 0.4) is 0 Å². The monoisotopic (exact) mass is 261 g/mol. The third-order valence-corrected chi connectivity index (χ3v) is 2.68. The number of aryl methyl sites for hydroxylation is 1. The van der Waals surface area contributed by atoms with Crippen LogP contribution < -0.4 is 14.8 Å². The molecule has 5 heteroatoms. The van der Waals surface area contributed by atoms with Crippen LogP contribution in [-0.2, 0) is 13.6 Å². The molecule has 0 aliphatic rings. The highest BCUT2D eigenvalue weighted by Gasteiger charge is 2.01. The summed E-state index contributed by atoms with van der Waals surface area (Å²) in [7, 11) is 3.55. The maximum Gasteiger partial charge on any atom is 0.161 e. The SMILES string of the molecule is COc1ccccc1OCCNCc1ccn(C)n1. The molecule has 0 atom stereocenters. The van der Waals surface area contributed by atoms with E-state index in [1.165, 1.54) is 0 Å². The molecule has 0 bridgehead atoms. The van der Waals surface area contributed by atoms with Crippen LogP contribution in [0.4, 0.5) is 0 Å². The first kappa shape index (κ1) is 13.4. The molecule has 1 N–H and O–H groups in total. The summed E-state index contributed by atoms with van der Waals surface area (Å²) in [6.07, 6.45) is 1.93. The second-order valence-corrected chi connectivity index (χ2v) is 4.16. The van der Waals surface area contributed by atoms with Crippen molar-refractivity contribution < 1.29 is 9.47 Å². The maximum absolute atomic E-state index is 5.66. The molecule has 0 radical (unpaired) electrons. The average molecular weight is 261 g/mol. The Morgan fingerprint density at radius 1 is 1.21 bits per heavy atom. The first-order valence-electron chi connectivity index (χ1n) is 6.24. The van der Waals surface area contributed by atoms with Crippen LogP contribution in [-0.4, -0.2) is 30.0 Å². The lowest BCUT2D eigenvalue weighted by molar-refractivity contribution is 0.292. The smallest absolute Gasteiger partial charge is 0.161 e. The van der Waals surface area contributed by atoms with Gasteiger partial charge in [0.05, 0.1) is 12.8 Å². The van der Waals surface area contributed by atoms with E-state index >= 15 is 0 Å². The Labute approximate surface area is 113 Å². The number of nitrogens with zero attached hydrogens (tertiary/aromatic N) is 2. The summed E-state index contributed by atoms with van der Waals surface area (Å²) in [5.74, 6) is 1.52. The van der Waals surface area contributed by atoms with E-state index in [4.69, 9.17) is 9.47 Å². The van der Waals surface area contributed by atoms with Crippen molar-refractivity contribution in [2.24, 2.45) is 7.05 Å². The number of aromatic nitrogens is 2. The van der Waals surface area contributed by atoms with Gasteiger partial charge in [-0.05, 0) is 18.2 Å². The van der Waals surface area contributed by atoms with Crippen molar-refractivity contribution in [2.75, 3.05) is 20.3 Å². The molecule has 1 aromatic carbocycles. The summed E-state index contributed by atoms with van der Waals surface area (Å²) in [6, 6.07) is 9.63. The molecule has 0 aliphatic heterocycles. The molecule has 0 spiro atoms. The predicted molar refractivity (Wildman–Crippen MR) is 73.4 cm³/mol. The predicted octanol–water partition coefficient (Wildman–Crippen LogP) is 1.60. The van der Waals surface area contributed by atoms with Crippen LogP contribution in [0.1, 0.15) is 5.69 Å². The molecule has 0 unspecified atom stereocenters. The van der Waals surface area contributed by atoms with Gasteiger partial charge in [0, 0.05) is 26.3 Å². The van der Waals surface area contributed by atoms with Crippen molar-refractivity contribution in [3.05, 3.63) is 42.2 Å². The summed E-state index contributed by atoms with van der Waals surface area (Å²) < 4.78 is 12.7. The largest absolute Gasteiger partial charge is 0.493 e. The van der Waals surface area contributed by atoms with Crippen LogP contribution >= 0.6 is 0 Å². The fraction of sp³-hybridized carbons (Fsp3) is 0.357. The Hall–Kier alpha value is -2.01. The molecule has 5 nitrogen and oxygen atoms in total. The summed E-state index contributed by atoms with van der Waals surface area (Å²) >= 11 is 0. The molecule has 0 saturated heterocycles. The number of para-hydroxylation sites is 2. The summed E-state index contributed by atoms with van der Waals surface area (Å²) in [5.41, 5.74) is 1.03. The number of hydrogen-bond donors (Lipinski definition) is 1. The van der Waals surface area contributed by atoms with Crippen molar-refractivity contribution in [1.82, 2.24) is 15.1 Å². The quantitative estimate of drug-likeness (QED) is 0.769. The molecule has 2 rings (SSSR count). The van der Waals surface area contributed by atoms with Gasteiger partial charge in [0.15, 0.2) is 11.5 Å². The van der Waals surface area contributed by atoms with Gasteiger partial charge in [-0.3, -0.25) is 4.68 Å². The molecule has 1 aromatic heterocycles. The van der Waals surface area contributed by atoms with Crippen molar-refractivity contribution in [2.45, 2.75) is 6.54 Å². The van der Waals surface area contributed by atoms with Crippen LogP contribution in [0.2, 0.25) is 0 Å². The van der Waals surface area contributed by atoms with Gasteiger partial charge >= 0.3 is 0 Å². The Kier molecular flexibility index (Phi) is 4.80. The lowest BCUT2D eigenvalue weighted by atomic mass is 10.3. The standard InChI is InChI=1S/C14H19N3O2/c1-17-9-7-12(16-17)11-15-8-10-19-14-6-4-3-5-13(14)18-2/h3-7,9,15H,8,10-11H2,1-2H3. The number of ether oxygens (including phenoxy) is 2. The summed E-state index contributed by atoms with van der Waals surface area (Å²) in [6.45, 7) is 2.10. The van der Waals surface area contributed by atoms with Gasteiger partial charge in [0.1, 0.15) is 6.61 Å². The lowest BCUT2D eigenvalue weighted by Gasteiger charge is -2.10. The van der Waals surface area contributed by atoms with Gasteiger partial charge in [0.25, 0.3) is 0 Å². The molecule has 0 amide bonds. The van der Waals surface area contributed by atoms with E-state index in [1.807, 2.05) is 43.6 Å². The van der Waals surface area contributed by atoms with Gasteiger partial charge < -0.3 is 14.8 Å². The van der Waals surface area contributed by atoms with Crippen LogP contribution in [0, 0.1) is 0 Å². The molecule has 0 fully saturated rings. The fourth-order valence-electron chi connectivity index (χ4n) is 1.75. The normalized spacial score (nSPS) is 10.4. The Morgan fingerprint density at radius 3 is 2.68 bits per heavy atom. The second-order valence-electron chi connectivity index (χ2n) is 4.16. The zero-order valence-corrected chi connectivity index (χ0v) is 11.3. The third kappa shape index (κ3) is 3.99. The van der Waals surface area contributed by atoms with Crippen molar-refractivity contribution in [1.29, 1.82) is 0 Å². The first-order chi connectivity index (χ1) is 9.29. The minimum atomic E-state index is 0.590. The Balaban J connectivity index is 1.69. The molecule has 0 saturated carbocycles. The zero-order chi connectivity index (χ0) is 13.5. The number of benzene rings is 1. The first-order valence-corrected chi connectivity index (χ1v) is 6.24. The third-order valence-electron chi connectivity index (χ3n) is 2.68. The van der Waals surface area contributed by atoms with Crippen LogP contribution in [0.5, 0.6) is 11.5 Å². The maximum atomic E-state index is 5.66. The molecule has 19 heavy (non-hydrogen) atoms. The van der Waals surface area contributed by atoms with E-state index in [9.17, 15) is 0 Å². The van der Waals surface area contributed by atoms with Crippen molar-refractivity contribution >= 4 is 0 Å².